The molecule has 0 bridgehead atoms. The number of aliphatic hydroxyl groups is 3. The third-order valence-electron chi connectivity index (χ3n) is 5.53. The molecule has 28 heavy (non-hydrogen) atoms. The lowest BCUT2D eigenvalue weighted by Crippen LogP contribution is -2.71. The minimum absolute atomic E-state index is 0.316. The molecular weight excluding hydrogens is 372 g/mol. The normalized spacial score (nSPS) is 28.9. The van der Waals surface area contributed by atoms with Crippen LogP contribution in [0.1, 0.15) is 27.7 Å². The second-order valence-corrected chi connectivity index (χ2v) is 12.7. The van der Waals surface area contributed by atoms with Crippen molar-refractivity contribution in [3.8, 4) is 0 Å². The van der Waals surface area contributed by atoms with Crippen LogP contribution in [0.5, 0.6) is 0 Å². The van der Waals surface area contributed by atoms with Crippen molar-refractivity contribution in [2.75, 3.05) is 0 Å². The van der Waals surface area contributed by atoms with Gasteiger partial charge in [0.2, 0.25) is 0 Å². The predicted molar refractivity (Wildman–Crippen MR) is 111 cm³/mol. The molecule has 3 rings (SSSR count). The lowest BCUT2D eigenvalue weighted by atomic mass is 10.0. The molecule has 0 unspecified atom stereocenters. The van der Waals surface area contributed by atoms with E-state index in [0.717, 1.165) is 10.4 Å². The van der Waals surface area contributed by atoms with E-state index < -0.39 is 39.0 Å². The standard InChI is InChI=1S/C22H30O5Si/c1-15-18(23)19(24)20(21(25)26-15)27-28(22(2,3)4,16-11-7-5-8-12-16)17-13-9-6-10-14-17/h5-15,18-21,23-25H,1-4H3/t15-,18-,19+,20+,21+/m0/s1. The molecule has 0 spiro atoms. The van der Waals surface area contributed by atoms with Crippen LogP contribution in [0, 0.1) is 0 Å². The van der Waals surface area contributed by atoms with E-state index in [1.54, 1.807) is 6.92 Å². The molecule has 1 saturated heterocycles. The zero-order chi connectivity index (χ0) is 20.5. The zero-order valence-electron chi connectivity index (χ0n) is 16.8. The quantitative estimate of drug-likeness (QED) is 0.674. The maximum Gasteiger partial charge on any atom is 0.261 e. The summed E-state index contributed by atoms with van der Waals surface area (Å²) in [6.45, 7) is 7.96. The second kappa shape index (κ2) is 8.06. The Hall–Kier alpha value is -1.54. The number of ether oxygens (including phenoxy) is 1. The molecular formula is C22H30O5Si. The Labute approximate surface area is 167 Å². The van der Waals surface area contributed by atoms with E-state index in [0.29, 0.717) is 0 Å². The van der Waals surface area contributed by atoms with E-state index in [1.807, 2.05) is 60.7 Å². The van der Waals surface area contributed by atoms with Gasteiger partial charge in [0.25, 0.3) is 8.32 Å². The number of benzene rings is 2. The summed E-state index contributed by atoms with van der Waals surface area (Å²) in [6, 6.07) is 19.9. The summed E-state index contributed by atoms with van der Waals surface area (Å²) in [5.74, 6) is 0. The highest BCUT2D eigenvalue weighted by Gasteiger charge is 2.55. The second-order valence-electron chi connectivity index (χ2n) is 8.46. The number of aliphatic hydroxyl groups excluding tert-OH is 3. The Morgan fingerprint density at radius 2 is 1.29 bits per heavy atom. The Kier molecular flexibility index (Phi) is 6.10. The number of rotatable bonds is 4. The minimum atomic E-state index is -2.98. The molecule has 6 heteroatoms. The molecule has 1 aliphatic rings. The Balaban J connectivity index is 2.16. The van der Waals surface area contributed by atoms with Gasteiger partial charge in [-0.15, -0.1) is 0 Å². The summed E-state index contributed by atoms with van der Waals surface area (Å²) in [5, 5.41) is 33.3. The number of hydrogen-bond donors (Lipinski definition) is 3. The molecule has 3 N–H and O–H groups in total. The van der Waals surface area contributed by atoms with E-state index in [2.05, 4.69) is 20.8 Å². The molecule has 0 aliphatic carbocycles. The van der Waals surface area contributed by atoms with Gasteiger partial charge in [-0.2, -0.15) is 0 Å². The van der Waals surface area contributed by atoms with E-state index in [-0.39, 0.29) is 5.04 Å². The fraction of sp³-hybridized carbons (Fsp3) is 0.455. The Morgan fingerprint density at radius 1 is 0.821 bits per heavy atom. The molecule has 0 radical (unpaired) electrons. The molecule has 2 aromatic carbocycles. The van der Waals surface area contributed by atoms with Crippen LogP contribution >= 0.6 is 0 Å². The van der Waals surface area contributed by atoms with E-state index in [4.69, 9.17) is 9.16 Å². The predicted octanol–water partition coefficient (Wildman–Crippen LogP) is 1.39. The van der Waals surface area contributed by atoms with Crippen molar-refractivity contribution in [1.29, 1.82) is 0 Å². The van der Waals surface area contributed by atoms with Crippen LogP contribution in [-0.4, -0.2) is 54.3 Å². The van der Waals surface area contributed by atoms with Gasteiger partial charge in [0.05, 0.1) is 6.10 Å². The first-order chi connectivity index (χ1) is 13.2. The molecule has 1 heterocycles. The largest absolute Gasteiger partial charge is 0.396 e. The van der Waals surface area contributed by atoms with Crippen LogP contribution in [0.25, 0.3) is 0 Å². The summed E-state index contributed by atoms with van der Waals surface area (Å²) >= 11 is 0. The highest BCUT2D eigenvalue weighted by atomic mass is 28.4. The molecule has 2 aromatic rings. The summed E-state index contributed by atoms with van der Waals surface area (Å²) in [5.41, 5.74) is 0. The van der Waals surface area contributed by atoms with Crippen molar-refractivity contribution in [3.63, 3.8) is 0 Å². The van der Waals surface area contributed by atoms with Gasteiger partial charge in [0, 0.05) is 0 Å². The van der Waals surface area contributed by atoms with Crippen molar-refractivity contribution in [3.05, 3.63) is 60.7 Å². The average molecular weight is 403 g/mol. The zero-order valence-corrected chi connectivity index (χ0v) is 17.8. The smallest absolute Gasteiger partial charge is 0.261 e. The van der Waals surface area contributed by atoms with Gasteiger partial charge >= 0.3 is 0 Å². The third-order valence-corrected chi connectivity index (χ3v) is 10.6. The van der Waals surface area contributed by atoms with Gasteiger partial charge < -0.3 is 24.5 Å². The Bertz CT molecular complexity index is 722. The van der Waals surface area contributed by atoms with Gasteiger partial charge in [-0.1, -0.05) is 81.4 Å². The topological polar surface area (TPSA) is 79.2 Å². The van der Waals surface area contributed by atoms with Crippen LogP contribution in [0.2, 0.25) is 5.04 Å². The molecule has 152 valence electrons. The van der Waals surface area contributed by atoms with Crippen molar-refractivity contribution >= 4 is 18.7 Å². The van der Waals surface area contributed by atoms with E-state index in [9.17, 15) is 15.3 Å². The maximum atomic E-state index is 10.7. The van der Waals surface area contributed by atoms with Crippen LogP contribution in [0.15, 0.2) is 60.7 Å². The summed E-state index contributed by atoms with van der Waals surface area (Å²) < 4.78 is 12.2. The van der Waals surface area contributed by atoms with Crippen LogP contribution in [0.3, 0.4) is 0 Å². The third kappa shape index (κ3) is 3.68. The SMILES string of the molecule is C[C@@H]1O[C@@H](O)[C@H](O[Si](c2ccccc2)(c2ccccc2)C(C)(C)C)[C@H](O)[C@H]1O. The first-order valence-corrected chi connectivity index (χ1v) is 11.6. The molecule has 1 fully saturated rings. The van der Waals surface area contributed by atoms with Gasteiger partial charge in [0.1, 0.15) is 18.3 Å². The molecule has 5 atom stereocenters. The van der Waals surface area contributed by atoms with Crippen molar-refractivity contribution in [2.45, 2.75) is 63.4 Å². The monoisotopic (exact) mass is 402 g/mol. The summed E-state index contributed by atoms with van der Waals surface area (Å²) in [4.78, 5) is 0. The van der Waals surface area contributed by atoms with Gasteiger partial charge in [-0.25, -0.2) is 0 Å². The fourth-order valence-electron chi connectivity index (χ4n) is 4.04. The fourth-order valence-corrected chi connectivity index (χ4v) is 8.72. The van der Waals surface area contributed by atoms with Gasteiger partial charge in [-0.05, 0) is 22.3 Å². The lowest BCUT2D eigenvalue weighted by Gasteiger charge is -2.49. The van der Waals surface area contributed by atoms with Crippen LogP contribution in [0.4, 0.5) is 0 Å². The Morgan fingerprint density at radius 3 is 1.71 bits per heavy atom. The molecule has 0 amide bonds. The molecule has 1 aliphatic heterocycles. The van der Waals surface area contributed by atoms with E-state index in [1.165, 1.54) is 0 Å². The minimum Gasteiger partial charge on any atom is -0.396 e. The lowest BCUT2D eigenvalue weighted by molar-refractivity contribution is -0.273. The number of hydrogen-bond acceptors (Lipinski definition) is 5. The highest BCUT2D eigenvalue weighted by Crippen LogP contribution is 2.39. The average Bonchev–Trinajstić information content (AvgIpc) is 2.67. The van der Waals surface area contributed by atoms with Gasteiger partial charge in [0.15, 0.2) is 6.29 Å². The van der Waals surface area contributed by atoms with Crippen LogP contribution < -0.4 is 10.4 Å². The molecule has 0 saturated carbocycles. The summed E-state index contributed by atoms with van der Waals surface area (Å²) in [6.07, 6.45) is -5.44. The van der Waals surface area contributed by atoms with Crippen molar-refractivity contribution in [1.82, 2.24) is 0 Å². The van der Waals surface area contributed by atoms with Crippen molar-refractivity contribution < 1.29 is 24.5 Å². The first kappa shape index (κ1) is 21.2. The maximum absolute atomic E-state index is 10.7. The van der Waals surface area contributed by atoms with Crippen molar-refractivity contribution in [2.24, 2.45) is 0 Å². The molecule has 5 nitrogen and oxygen atoms in total. The van der Waals surface area contributed by atoms with Gasteiger partial charge in [-0.3, -0.25) is 0 Å². The van der Waals surface area contributed by atoms with E-state index >= 15 is 0 Å². The highest BCUT2D eigenvalue weighted by molar-refractivity contribution is 6.99. The first-order valence-electron chi connectivity index (χ1n) is 9.67. The van der Waals surface area contributed by atoms with Crippen LogP contribution in [-0.2, 0) is 9.16 Å². The summed E-state index contributed by atoms with van der Waals surface area (Å²) in [7, 11) is -2.98. The molecule has 0 aromatic heterocycles.